The number of hydrogen-bond donors (Lipinski definition) is 2. The summed E-state index contributed by atoms with van der Waals surface area (Å²) >= 11 is 1.31. The van der Waals surface area contributed by atoms with Crippen molar-refractivity contribution in [3.8, 4) is 11.5 Å². The molecule has 0 radical (unpaired) electrons. The van der Waals surface area contributed by atoms with Gasteiger partial charge in [0.15, 0.2) is 16.7 Å². The molecule has 1 fully saturated rings. The van der Waals surface area contributed by atoms with Crippen LogP contribution in [0.15, 0.2) is 52.4 Å². The second-order valence-electron chi connectivity index (χ2n) is 10.9. The van der Waals surface area contributed by atoms with Crippen LogP contribution in [0.4, 0.5) is 5.69 Å². The molecule has 0 bridgehead atoms. The quantitative estimate of drug-likeness (QED) is 0.446. The van der Waals surface area contributed by atoms with Gasteiger partial charge >= 0.3 is 0 Å². The molecule has 0 aromatic heterocycles. The highest BCUT2D eigenvalue weighted by atomic mass is 32.2. The molecule has 2 aromatic carbocycles. The molecule has 4 aliphatic rings. The van der Waals surface area contributed by atoms with Gasteiger partial charge in [0.2, 0.25) is 18.6 Å². The van der Waals surface area contributed by atoms with Gasteiger partial charge in [-0.2, -0.15) is 0 Å². The van der Waals surface area contributed by atoms with Gasteiger partial charge in [-0.25, -0.2) is 9.89 Å². The van der Waals surface area contributed by atoms with Crippen molar-refractivity contribution in [1.82, 2.24) is 15.5 Å². The lowest BCUT2D eigenvalue weighted by atomic mass is 9.95. The van der Waals surface area contributed by atoms with Crippen molar-refractivity contribution in [1.29, 1.82) is 0 Å². The number of hydrogen-bond acceptors (Lipinski definition) is 8. The number of nitrogens with one attached hydrogen (secondary N) is 2. The lowest BCUT2D eigenvalue weighted by molar-refractivity contribution is -0.125. The van der Waals surface area contributed by atoms with E-state index in [1.165, 1.54) is 18.2 Å². The van der Waals surface area contributed by atoms with Gasteiger partial charge in [0.05, 0.1) is 10.9 Å². The minimum Gasteiger partial charge on any atom is -0.454 e. The Labute approximate surface area is 249 Å². The number of fused-ring (bicyclic) bond motifs is 4. The van der Waals surface area contributed by atoms with Crippen LogP contribution in [0, 0.1) is 0 Å². The summed E-state index contributed by atoms with van der Waals surface area (Å²) in [5.41, 5.74) is 2.38. The number of carbonyl (C=O) groups is 3. The maximum atomic E-state index is 13.7. The average molecular weight is 590 g/mol. The maximum Gasteiger partial charge on any atom is 0.259 e. The molecule has 42 heavy (non-hydrogen) atoms. The van der Waals surface area contributed by atoms with Crippen molar-refractivity contribution >= 4 is 46.2 Å². The Morgan fingerprint density at radius 3 is 2.74 bits per heavy atom. The van der Waals surface area contributed by atoms with Gasteiger partial charge in [-0.1, -0.05) is 56.1 Å². The van der Waals surface area contributed by atoms with E-state index in [-0.39, 0.29) is 48.6 Å². The van der Waals surface area contributed by atoms with Gasteiger partial charge in [-0.15, -0.1) is 0 Å². The van der Waals surface area contributed by atoms with Crippen molar-refractivity contribution in [2.75, 3.05) is 6.79 Å². The van der Waals surface area contributed by atoms with E-state index >= 15 is 0 Å². The number of aliphatic imine (C=N–C) groups is 2. The fraction of sp³-hybridized carbons (Fsp3) is 0.452. The average Bonchev–Trinajstić information content (AvgIpc) is 3.62. The van der Waals surface area contributed by atoms with E-state index < -0.39 is 6.04 Å². The molecule has 6 rings (SSSR count). The number of rotatable bonds is 9. The monoisotopic (exact) mass is 589 g/mol. The van der Waals surface area contributed by atoms with Crippen molar-refractivity contribution in [2.45, 2.75) is 82.2 Å². The fourth-order valence-electron chi connectivity index (χ4n) is 5.67. The molecule has 1 aliphatic carbocycles. The molecular formula is C31H35N5O5S. The molecule has 3 aliphatic heterocycles. The first-order chi connectivity index (χ1) is 20.5. The third-order valence-electron chi connectivity index (χ3n) is 7.98. The molecule has 0 saturated heterocycles. The van der Waals surface area contributed by atoms with Crippen molar-refractivity contribution in [3.63, 3.8) is 0 Å². The Hall–Kier alpha value is -3.86. The summed E-state index contributed by atoms with van der Waals surface area (Å²) in [6.45, 7) is 2.51. The van der Waals surface area contributed by atoms with Crippen LogP contribution in [0.3, 0.4) is 0 Å². The van der Waals surface area contributed by atoms with Gasteiger partial charge in [-0.3, -0.25) is 19.4 Å². The highest BCUT2D eigenvalue weighted by Crippen LogP contribution is 2.36. The van der Waals surface area contributed by atoms with E-state index in [0.29, 0.717) is 41.2 Å². The standard InChI is InChI=1S/C31H35N5O5S/c1-2-26(29(38)33-20-8-4-3-5-9-20)42-31-35-22-11-7-6-10-21(22)28-34-23(30(39)36(28)31)13-15-27(37)32-17-19-12-14-24-25(16-19)41-18-40-24/h6-7,10-12,14,16,20,23,26H,2-5,8-9,13,15,17-18H2,1H3,(H,32,37)(H,33,38). The third kappa shape index (κ3) is 6.01. The van der Waals surface area contributed by atoms with Crippen molar-refractivity contribution < 1.29 is 23.9 Å². The third-order valence-corrected chi connectivity index (χ3v) is 9.30. The summed E-state index contributed by atoms with van der Waals surface area (Å²) in [7, 11) is 0. The molecule has 220 valence electrons. The highest BCUT2D eigenvalue weighted by molar-refractivity contribution is 8.15. The van der Waals surface area contributed by atoms with Gasteiger partial charge in [0.25, 0.3) is 5.91 Å². The molecule has 11 heteroatoms. The van der Waals surface area contributed by atoms with Gasteiger partial charge in [0.1, 0.15) is 11.9 Å². The Bertz CT molecular complexity index is 1440. The molecule has 1 saturated carbocycles. The van der Waals surface area contributed by atoms with E-state index in [9.17, 15) is 14.4 Å². The SMILES string of the molecule is CCC(SC1=Nc2ccccc2C2=NC(CCC(=O)NCc3ccc4c(c3)OCO4)C(=O)N12)C(=O)NC1CCCCC1. The lowest BCUT2D eigenvalue weighted by Crippen LogP contribution is -2.45. The molecule has 10 nitrogen and oxygen atoms in total. The predicted molar refractivity (Wildman–Crippen MR) is 161 cm³/mol. The minimum atomic E-state index is -0.704. The van der Waals surface area contributed by atoms with E-state index in [4.69, 9.17) is 19.5 Å². The number of amides is 3. The molecule has 2 aromatic rings. The van der Waals surface area contributed by atoms with E-state index in [1.54, 1.807) is 4.90 Å². The number of ether oxygens (including phenoxy) is 2. The number of carbonyl (C=O) groups excluding carboxylic acids is 3. The lowest BCUT2D eigenvalue weighted by Gasteiger charge is -2.29. The largest absolute Gasteiger partial charge is 0.454 e. The summed E-state index contributed by atoms with van der Waals surface area (Å²) < 4.78 is 10.7. The van der Waals surface area contributed by atoms with Crippen molar-refractivity contribution in [2.24, 2.45) is 9.98 Å². The first-order valence-corrected chi connectivity index (χ1v) is 15.6. The normalized spacial score (nSPS) is 19.9. The zero-order valence-electron chi connectivity index (χ0n) is 23.6. The second-order valence-corrected chi connectivity index (χ2v) is 12.1. The molecule has 3 amide bonds. The number of amidine groups is 2. The van der Waals surface area contributed by atoms with Crippen LogP contribution in [0.5, 0.6) is 11.5 Å². The van der Waals surface area contributed by atoms with Crippen molar-refractivity contribution in [3.05, 3.63) is 53.6 Å². The number of nitrogens with zero attached hydrogens (tertiary/aromatic N) is 3. The van der Waals surface area contributed by atoms with Crippen LogP contribution in [0.1, 0.15) is 69.4 Å². The van der Waals surface area contributed by atoms with Crippen LogP contribution in [0.2, 0.25) is 0 Å². The highest BCUT2D eigenvalue weighted by Gasteiger charge is 2.42. The Kier molecular flexibility index (Phi) is 8.46. The summed E-state index contributed by atoms with van der Waals surface area (Å²) in [6.07, 6.45) is 6.53. The molecule has 0 spiro atoms. The molecule has 2 unspecified atom stereocenters. The van der Waals surface area contributed by atoms with Crippen LogP contribution >= 0.6 is 11.8 Å². The van der Waals surface area contributed by atoms with E-state index in [2.05, 4.69) is 10.6 Å². The van der Waals surface area contributed by atoms with Crippen LogP contribution in [-0.2, 0) is 20.9 Å². The fourth-order valence-corrected chi connectivity index (χ4v) is 6.70. The number of thioether (sulfide) groups is 1. The Balaban J connectivity index is 1.11. The summed E-state index contributed by atoms with van der Waals surface area (Å²) in [5, 5.41) is 6.21. The summed E-state index contributed by atoms with van der Waals surface area (Å²) in [4.78, 5) is 50.7. The number of para-hydroxylation sites is 1. The zero-order chi connectivity index (χ0) is 29.1. The van der Waals surface area contributed by atoms with E-state index in [1.807, 2.05) is 49.4 Å². The van der Waals surface area contributed by atoms with Gasteiger partial charge < -0.3 is 20.1 Å². The van der Waals surface area contributed by atoms with Gasteiger partial charge in [-0.05, 0) is 55.5 Å². The summed E-state index contributed by atoms with van der Waals surface area (Å²) in [6, 6.07) is 12.6. The first kappa shape index (κ1) is 28.3. The second kappa shape index (κ2) is 12.6. The molecule has 2 N–H and O–H groups in total. The molecule has 2 atom stereocenters. The van der Waals surface area contributed by atoms with E-state index in [0.717, 1.165) is 36.8 Å². The predicted octanol–water partition coefficient (Wildman–Crippen LogP) is 4.43. The minimum absolute atomic E-state index is 0.0169. The maximum absolute atomic E-state index is 13.7. The van der Waals surface area contributed by atoms with Crippen LogP contribution in [0.25, 0.3) is 0 Å². The molecule has 3 heterocycles. The smallest absolute Gasteiger partial charge is 0.259 e. The van der Waals surface area contributed by atoms with Crippen LogP contribution in [-0.4, -0.2) is 57.8 Å². The van der Waals surface area contributed by atoms with Gasteiger partial charge in [0, 0.05) is 24.6 Å². The Morgan fingerprint density at radius 1 is 1.10 bits per heavy atom. The zero-order valence-corrected chi connectivity index (χ0v) is 24.5. The molecular weight excluding hydrogens is 554 g/mol. The first-order valence-electron chi connectivity index (χ1n) is 14.7. The summed E-state index contributed by atoms with van der Waals surface area (Å²) in [5.74, 6) is 1.48. The number of benzene rings is 2. The Morgan fingerprint density at radius 2 is 1.90 bits per heavy atom. The van der Waals surface area contributed by atoms with Crippen LogP contribution < -0.4 is 20.1 Å². The topological polar surface area (TPSA) is 122 Å².